The molecule has 114 valence electrons. The summed E-state index contributed by atoms with van der Waals surface area (Å²) in [6.07, 6.45) is 1.07. The monoisotopic (exact) mass is 325 g/mol. The van der Waals surface area contributed by atoms with Gasteiger partial charge in [0.2, 0.25) is 0 Å². The zero-order valence-electron chi connectivity index (χ0n) is 12.1. The van der Waals surface area contributed by atoms with Gasteiger partial charge in [-0.05, 0) is 37.6 Å². The van der Waals surface area contributed by atoms with Gasteiger partial charge in [0.25, 0.3) is 10.0 Å². The van der Waals surface area contributed by atoms with E-state index in [2.05, 4.69) is 21.9 Å². The molecule has 0 aliphatic rings. The first-order valence-electron chi connectivity index (χ1n) is 6.76. The van der Waals surface area contributed by atoms with Gasteiger partial charge in [0.05, 0.1) is 10.6 Å². The number of sulfonamides is 1. The summed E-state index contributed by atoms with van der Waals surface area (Å²) < 4.78 is 26.9. The van der Waals surface area contributed by atoms with Crippen molar-refractivity contribution < 1.29 is 8.42 Å². The maximum absolute atomic E-state index is 12.2. The molecule has 2 aromatic rings. The van der Waals surface area contributed by atoms with Crippen molar-refractivity contribution in [2.75, 3.05) is 11.3 Å². The lowest BCUT2D eigenvalue weighted by Crippen LogP contribution is -2.15. The summed E-state index contributed by atoms with van der Waals surface area (Å²) in [6.45, 7) is 5.62. The van der Waals surface area contributed by atoms with Crippen LogP contribution in [0.5, 0.6) is 0 Å². The number of nitrogens with one attached hydrogen (secondary N) is 2. The topological polar surface area (TPSA) is 71.1 Å². The Labute approximate surface area is 129 Å². The number of aromatic nitrogens is 1. The fraction of sp³-hybridized carbons (Fsp3) is 0.357. The van der Waals surface area contributed by atoms with Crippen LogP contribution in [0.25, 0.3) is 0 Å². The summed E-state index contributed by atoms with van der Waals surface area (Å²) >= 11 is 1.28. The molecule has 2 rings (SSSR count). The first-order valence-corrected chi connectivity index (χ1v) is 9.12. The van der Waals surface area contributed by atoms with Crippen molar-refractivity contribution in [1.29, 1.82) is 0 Å². The zero-order valence-corrected chi connectivity index (χ0v) is 13.7. The molecule has 0 saturated heterocycles. The molecule has 0 atom stereocenters. The number of rotatable bonds is 7. The first-order chi connectivity index (χ1) is 10.0. The molecule has 5 nitrogen and oxygen atoms in total. The fourth-order valence-electron chi connectivity index (χ4n) is 1.77. The SMILES string of the molecule is CCCNCc1ccc(S(=O)(=O)Nc2nc(C)cs2)cc1. The summed E-state index contributed by atoms with van der Waals surface area (Å²) in [4.78, 5) is 4.35. The Bertz CT molecular complexity index is 678. The third-order valence-electron chi connectivity index (χ3n) is 2.83. The minimum atomic E-state index is -3.56. The van der Waals surface area contributed by atoms with Gasteiger partial charge in [0.15, 0.2) is 5.13 Å². The van der Waals surface area contributed by atoms with E-state index < -0.39 is 10.0 Å². The van der Waals surface area contributed by atoms with E-state index in [-0.39, 0.29) is 4.90 Å². The van der Waals surface area contributed by atoms with E-state index >= 15 is 0 Å². The van der Waals surface area contributed by atoms with E-state index in [0.29, 0.717) is 5.13 Å². The summed E-state index contributed by atoms with van der Waals surface area (Å²) in [7, 11) is -3.56. The number of benzene rings is 1. The third-order valence-corrected chi connectivity index (χ3v) is 5.19. The van der Waals surface area contributed by atoms with Gasteiger partial charge in [0, 0.05) is 11.9 Å². The molecule has 0 radical (unpaired) electrons. The van der Waals surface area contributed by atoms with Crippen molar-refractivity contribution >= 4 is 26.5 Å². The normalized spacial score (nSPS) is 11.5. The van der Waals surface area contributed by atoms with Gasteiger partial charge in [-0.1, -0.05) is 19.1 Å². The van der Waals surface area contributed by atoms with E-state index in [1.165, 1.54) is 11.3 Å². The highest BCUT2D eigenvalue weighted by Gasteiger charge is 2.15. The minimum absolute atomic E-state index is 0.245. The van der Waals surface area contributed by atoms with Crippen LogP contribution < -0.4 is 10.0 Å². The predicted molar refractivity (Wildman–Crippen MR) is 86.1 cm³/mol. The van der Waals surface area contributed by atoms with Gasteiger partial charge in [-0.2, -0.15) is 0 Å². The number of hydrogen-bond acceptors (Lipinski definition) is 5. The highest BCUT2D eigenvalue weighted by atomic mass is 32.2. The quantitative estimate of drug-likeness (QED) is 0.768. The molecule has 0 saturated carbocycles. The Morgan fingerprint density at radius 1 is 1.24 bits per heavy atom. The molecule has 0 bridgehead atoms. The molecule has 0 aliphatic carbocycles. The van der Waals surface area contributed by atoms with Gasteiger partial charge in [-0.3, -0.25) is 4.72 Å². The van der Waals surface area contributed by atoms with Crippen LogP contribution in [-0.2, 0) is 16.6 Å². The first kappa shape index (κ1) is 15.9. The van der Waals surface area contributed by atoms with Crippen molar-refractivity contribution in [2.45, 2.75) is 31.7 Å². The number of anilines is 1. The Balaban J connectivity index is 2.06. The van der Waals surface area contributed by atoms with Crippen LogP contribution in [0.2, 0.25) is 0 Å². The van der Waals surface area contributed by atoms with Crippen molar-refractivity contribution in [1.82, 2.24) is 10.3 Å². The molecule has 0 unspecified atom stereocenters. The molecule has 7 heteroatoms. The van der Waals surface area contributed by atoms with Crippen LogP contribution in [0.3, 0.4) is 0 Å². The van der Waals surface area contributed by atoms with Crippen LogP contribution in [0.4, 0.5) is 5.13 Å². The lowest BCUT2D eigenvalue weighted by molar-refractivity contribution is 0.601. The standard InChI is InChI=1S/C14H19N3O2S2/c1-3-8-15-9-12-4-6-13(7-5-12)21(18,19)17-14-16-11(2)10-20-14/h4-7,10,15H,3,8-9H2,1-2H3,(H,16,17). The maximum Gasteiger partial charge on any atom is 0.263 e. The van der Waals surface area contributed by atoms with Gasteiger partial charge >= 0.3 is 0 Å². The minimum Gasteiger partial charge on any atom is -0.313 e. The Morgan fingerprint density at radius 2 is 1.95 bits per heavy atom. The smallest absolute Gasteiger partial charge is 0.263 e. The molecular weight excluding hydrogens is 306 g/mol. The van der Waals surface area contributed by atoms with Gasteiger partial charge in [0.1, 0.15) is 0 Å². The lowest BCUT2D eigenvalue weighted by Gasteiger charge is -2.07. The molecule has 0 spiro atoms. The molecule has 0 fully saturated rings. The Morgan fingerprint density at radius 3 is 2.52 bits per heavy atom. The number of aryl methyl sites for hydroxylation is 1. The highest BCUT2D eigenvalue weighted by Crippen LogP contribution is 2.20. The maximum atomic E-state index is 12.2. The Kier molecular flexibility index (Phi) is 5.33. The zero-order chi connectivity index (χ0) is 15.3. The second-order valence-electron chi connectivity index (χ2n) is 4.72. The number of thiazole rings is 1. The molecule has 21 heavy (non-hydrogen) atoms. The average Bonchev–Trinajstić information content (AvgIpc) is 2.84. The van der Waals surface area contributed by atoms with Crippen LogP contribution in [0.15, 0.2) is 34.5 Å². The summed E-state index contributed by atoms with van der Waals surface area (Å²) in [5, 5.41) is 5.47. The molecular formula is C14H19N3O2S2. The largest absolute Gasteiger partial charge is 0.313 e. The number of hydrogen-bond donors (Lipinski definition) is 2. The van der Waals surface area contributed by atoms with E-state index in [4.69, 9.17) is 0 Å². The van der Waals surface area contributed by atoms with Crippen LogP contribution in [0, 0.1) is 6.92 Å². The van der Waals surface area contributed by atoms with Gasteiger partial charge in [-0.15, -0.1) is 11.3 Å². The van der Waals surface area contributed by atoms with E-state index in [9.17, 15) is 8.42 Å². The van der Waals surface area contributed by atoms with Crippen LogP contribution in [0.1, 0.15) is 24.6 Å². The highest BCUT2D eigenvalue weighted by molar-refractivity contribution is 7.93. The van der Waals surface area contributed by atoms with Crippen LogP contribution >= 0.6 is 11.3 Å². The second kappa shape index (κ2) is 7.02. The van der Waals surface area contributed by atoms with E-state index in [1.807, 2.05) is 19.1 Å². The van der Waals surface area contributed by atoms with Crippen molar-refractivity contribution in [3.63, 3.8) is 0 Å². The Hall–Kier alpha value is -1.44. The third kappa shape index (κ3) is 4.52. The molecule has 1 heterocycles. The summed E-state index contributed by atoms with van der Waals surface area (Å²) in [6, 6.07) is 6.88. The van der Waals surface area contributed by atoms with E-state index in [0.717, 1.165) is 30.8 Å². The summed E-state index contributed by atoms with van der Waals surface area (Å²) in [5.41, 5.74) is 1.86. The van der Waals surface area contributed by atoms with Gasteiger partial charge < -0.3 is 5.32 Å². The lowest BCUT2D eigenvalue weighted by atomic mass is 10.2. The molecule has 1 aromatic heterocycles. The second-order valence-corrected chi connectivity index (χ2v) is 7.26. The van der Waals surface area contributed by atoms with Crippen molar-refractivity contribution in [2.24, 2.45) is 0 Å². The van der Waals surface area contributed by atoms with Crippen LogP contribution in [-0.4, -0.2) is 19.9 Å². The summed E-state index contributed by atoms with van der Waals surface area (Å²) in [5.74, 6) is 0. The van der Waals surface area contributed by atoms with Gasteiger partial charge in [-0.25, -0.2) is 13.4 Å². The average molecular weight is 325 g/mol. The molecule has 1 aromatic carbocycles. The molecule has 0 aliphatic heterocycles. The molecule has 2 N–H and O–H groups in total. The number of nitrogens with zero attached hydrogens (tertiary/aromatic N) is 1. The van der Waals surface area contributed by atoms with E-state index in [1.54, 1.807) is 17.5 Å². The van der Waals surface area contributed by atoms with Crippen molar-refractivity contribution in [3.8, 4) is 0 Å². The molecule has 0 amide bonds. The predicted octanol–water partition coefficient (Wildman–Crippen LogP) is 2.75. The van der Waals surface area contributed by atoms with Crippen molar-refractivity contribution in [3.05, 3.63) is 40.9 Å². The fourth-order valence-corrected chi connectivity index (χ4v) is 3.71.